The molecule has 0 spiro atoms. The van der Waals surface area contributed by atoms with Crippen LogP contribution in [0.15, 0.2) is 0 Å². The molecular weight excluding hydrogens is 272 g/mol. The van der Waals surface area contributed by atoms with Gasteiger partial charge in [-0.1, -0.05) is 0 Å². The number of carbonyl (C=O) groups excluding carboxylic acids is 2. The van der Waals surface area contributed by atoms with Crippen molar-refractivity contribution in [2.75, 3.05) is 20.2 Å². The van der Waals surface area contributed by atoms with E-state index in [1.165, 1.54) is 7.11 Å². The van der Waals surface area contributed by atoms with Crippen LogP contribution in [0.25, 0.3) is 0 Å². The molecule has 21 heavy (non-hydrogen) atoms. The largest absolute Gasteiger partial charge is 0.453 e. The molecule has 2 rings (SSSR count). The fourth-order valence-electron chi connectivity index (χ4n) is 3.43. The molecule has 0 aromatic rings. The summed E-state index contributed by atoms with van der Waals surface area (Å²) in [6.07, 6.45) is 3.30. The van der Waals surface area contributed by atoms with Crippen molar-refractivity contribution < 1.29 is 19.1 Å². The van der Waals surface area contributed by atoms with Crippen LogP contribution in [-0.2, 0) is 14.3 Å². The van der Waals surface area contributed by atoms with Crippen LogP contribution in [0.5, 0.6) is 0 Å². The second-order valence-electron chi connectivity index (χ2n) is 6.13. The van der Waals surface area contributed by atoms with Crippen LogP contribution in [0.1, 0.15) is 39.5 Å². The Bertz CT molecular complexity index is 372. The van der Waals surface area contributed by atoms with Gasteiger partial charge in [0.2, 0.25) is 5.91 Å². The summed E-state index contributed by atoms with van der Waals surface area (Å²) in [7, 11) is 1.32. The van der Waals surface area contributed by atoms with Crippen molar-refractivity contribution >= 4 is 12.0 Å². The molecule has 0 aliphatic carbocycles. The Morgan fingerprint density at radius 2 is 1.76 bits per heavy atom. The molecule has 2 heterocycles. The quantitative estimate of drug-likeness (QED) is 0.858. The number of ether oxygens (including phenoxy) is 2. The summed E-state index contributed by atoms with van der Waals surface area (Å²) in [5, 5.41) is 2.75. The fourth-order valence-corrected chi connectivity index (χ4v) is 3.43. The zero-order valence-corrected chi connectivity index (χ0v) is 13.1. The van der Waals surface area contributed by atoms with Crippen molar-refractivity contribution in [2.45, 2.75) is 57.8 Å². The topological polar surface area (TPSA) is 67.9 Å². The zero-order chi connectivity index (χ0) is 15.4. The van der Waals surface area contributed by atoms with E-state index in [0.717, 1.165) is 38.8 Å². The van der Waals surface area contributed by atoms with Crippen LogP contribution in [0.4, 0.5) is 4.79 Å². The number of carbonyl (C=O) groups is 2. The maximum Gasteiger partial charge on any atom is 0.407 e. The average Bonchev–Trinajstić information content (AvgIpc) is 2.96. The maximum absolute atomic E-state index is 12.7. The molecule has 2 fully saturated rings. The highest BCUT2D eigenvalue weighted by Gasteiger charge is 2.38. The lowest BCUT2D eigenvalue weighted by atomic mass is 9.85. The Hall–Kier alpha value is -1.30. The van der Waals surface area contributed by atoms with Crippen LogP contribution in [0.2, 0.25) is 0 Å². The van der Waals surface area contributed by atoms with E-state index in [-0.39, 0.29) is 24.0 Å². The molecule has 0 bridgehead atoms. The van der Waals surface area contributed by atoms with Crippen molar-refractivity contribution in [1.82, 2.24) is 10.2 Å². The molecule has 1 N–H and O–H groups in total. The summed E-state index contributed by atoms with van der Waals surface area (Å²) in [4.78, 5) is 26.2. The molecule has 4 atom stereocenters. The number of nitrogens with zero attached hydrogens (tertiary/aromatic N) is 1. The third-order valence-electron chi connectivity index (χ3n) is 4.35. The molecule has 0 aromatic carbocycles. The van der Waals surface area contributed by atoms with E-state index in [2.05, 4.69) is 10.1 Å². The minimum absolute atomic E-state index is 0.0178. The number of amides is 2. The summed E-state index contributed by atoms with van der Waals surface area (Å²) >= 11 is 0. The molecule has 2 aliphatic rings. The first-order valence-electron chi connectivity index (χ1n) is 7.80. The summed E-state index contributed by atoms with van der Waals surface area (Å²) < 4.78 is 10.4. The minimum Gasteiger partial charge on any atom is -0.453 e. The van der Waals surface area contributed by atoms with Gasteiger partial charge in [-0.15, -0.1) is 0 Å². The fraction of sp³-hybridized carbons (Fsp3) is 0.867. The van der Waals surface area contributed by atoms with Gasteiger partial charge in [-0.25, -0.2) is 4.79 Å². The predicted octanol–water partition coefficient (Wildman–Crippen LogP) is 1.54. The molecule has 2 amide bonds. The number of methoxy groups -OCH3 is 1. The Kier molecular flexibility index (Phi) is 5.45. The first kappa shape index (κ1) is 16.1. The predicted molar refractivity (Wildman–Crippen MR) is 77.9 cm³/mol. The molecule has 0 radical (unpaired) electrons. The van der Waals surface area contributed by atoms with Gasteiger partial charge in [-0.2, -0.15) is 0 Å². The minimum atomic E-state index is -0.542. The first-order chi connectivity index (χ1) is 10.0. The van der Waals surface area contributed by atoms with Gasteiger partial charge in [0.25, 0.3) is 0 Å². The Labute approximate surface area is 126 Å². The summed E-state index contributed by atoms with van der Waals surface area (Å²) in [5.74, 6) is 0.111. The van der Waals surface area contributed by atoms with E-state index in [0.29, 0.717) is 0 Å². The maximum atomic E-state index is 12.7. The van der Waals surface area contributed by atoms with Gasteiger partial charge in [0.05, 0.1) is 19.3 Å². The molecule has 6 heteroatoms. The Morgan fingerprint density at radius 3 is 2.29 bits per heavy atom. The molecular formula is C15H26N2O4. The molecule has 6 nitrogen and oxygen atoms in total. The second-order valence-corrected chi connectivity index (χ2v) is 6.13. The van der Waals surface area contributed by atoms with Crippen LogP contribution in [0, 0.1) is 5.92 Å². The lowest BCUT2D eigenvalue weighted by Gasteiger charge is -2.37. The Balaban J connectivity index is 2.10. The van der Waals surface area contributed by atoms with E-state index in [1.807, 2.05) is 18.7 Å². The highest BCUT2D eigenvalue weighted by Crippen LogP contribution is 2.29. The summed E-state index contributed by atoms with van der Waals surface area (Å²) in [5.41, 5.74) is 0. The number of rotatable bonds is 3. The van der Waals surface area contributed by atoms with Crippen molar-refractivity contribution in [3.8, 4) is 0 Å². The van der Waals surface area contributed by atoms with Gasteiger partial charge in [-0.3, -0.25) is 4.79 Å². The molecule has 2 aliphatic heterocycles. The lowest BCUT2D eigenvalue weighted by Crippen LogP contribution is -2.54. The monoisotopic (exact) mass is 298 g/mol. The summed E-state index contributed by atoms with van der Waals surface area (Å²) in [6, 6.07) is -0.510. The van der Waals surface area contributed by atoms with Crippen molar-refractivity contribution in [2.24, 2.45) is 5.92 Å². The zero-order valence-electron chi connectivity index (χ0n) is 13.1. The highest BCUT2D eigenvalue weighted by atomic mass is 16.5. The van der Waals surface area contributed by atoms with Crippen LogP contribution in [-0.4, -0.2) is 55.3 Å². The van der Waals surface area contributed by atoms with E-state index < -0.39 is 12.1 Å². The summed E-state index contributed by atoms with van der Waals surface area (Å²) in [6.45, 7) is 5.59. The standard InChI is InChI=1S/C15H26N2O4/c1-10-8-12(9-11(2)21-10)13(16-15(19)20-3)14(18)17-6-4-5-7-17/h10-13H,4-9H2,1-3H3,(H,16,19)/t10-,11+,12?,13?. The number of hydrogen-bond donors (Lipinski definition) is 1. The van der Waals surface area contributed by atoms with Crippen molar-refractivity contribution in [3.63, 3.8) is 0 Å². The van der Waals surface area contributed by atoms with Crippen molar-refractivity contribution in [1.29, 1.82) is 0 Å². The normalized spacial score (nSPS) is 30.8. The number of hydrogen-bond acceptors (Lipinski definition) is 4. The first-order valence-corrected chi connectivity index (χ1v) is 7.80. The average molecular weight is 298 g/mol. The van der Waals surface area contributed by atoms with Gasteiger partial charge in [-0.05, 0) is 45.4 Å². The van der Waals surface area contributed by atoms with Gasteiger partial charge in [0, 0.05) is 13.1 Å². The number of nitrogens with one attached hydrogen (secondary N) is 1. The Morgan fingerprint density at radius 1 is 1.19 bits per heavy atom. The SMILES string of the molecule is COC(=O)NC(C(=O)N1CCCC1)C1C[C@@H](C)O[C@@H](C)C1. The van der Waals surface area contributed by atoms with Gasteiger partial charge < -0.3 is 19.7 Å². The van der Waals surface area contributed by atoms with Gasteiger partial charge >= 0.3 is 6.09 Å². The van der Waals surface area contributed by atoms with Crippen LogP contribution in [0.3, 0.4) is 0 Å². The third-order valence-corrected chi connectivity index (χ3v) is 4.35. The smallest absolute Gasteiger partial charge is 0.407 e. The molecule has 120 valence electrons. The molecule has 0 saturated carbocycles. The molecule has 2 unspecified atom stereocenters. The number of alkyl carbamates (subject to hydrolysis) is 1. The van der Waals surface area contributed by atoms with Crippen LogP contribution < -0.4 is 5.32 Å². The van der Waals surface area contributed by atoms with E-state index >= 15 is 0 Å². The second kappa shape index (κ2) is 7.11. The van der Waals surface area contributed by atoms with E-state index in [4.69, 9.17) is 4.74 Å². The number of likely N-dealkylation sites (tertiary alicyclic amines) is 1. The highest BCUT2D eigenvalue weighted by molar-refractivity contribution is 5.86. The third kappa shape index (κ3) is 4.09. The van der Waals surface area contributed by atoms with Gasteiger partial charge in [0.1, 0.15) is 6.04 Å². The van der Waals surface area contributed by atoms with Gasteiger partial charge in [0.15, 0.2) is 0 Å². The van der Waals surface area contributed by atoms with Crippen molar-refractivity contribution in [3.05, 3.63) is 0 Å². The lowest BCUT2D eigenvalue weighted by molar-refractivity contribution is -0.136. The van der Waals surface area contributed by atoms with E-state index in [1.54, 1.807) is 0 Å². The molecule has 2 saturated heterocycles. The van der Waals surface area contributed by atoms with E-state index in [9.17, 15) is 9.59 Å². The van der Waals surface area contributed by atoms with Crippen LogP contribution >= 0.6 is 0 Å². The molecule has 0 aromatic heterocycles.